The second kappa shape index (κ2) is 7.15. The molecule has 1 amide bonds. The van der Waals surface area contributed by atoms with Gasteiger partial charge >= 0.3 is 0 Å². The van der Waals surface area contributed by atoms with Crippen LogP contribution >= 0.6 is 0 Å². The number of methoxy groups -OCH3 is 1. The maximum Gasteiger partial charge on any atom is 0.247 e. The molecule has 0 aliphatic carbocycles. The minimum Gasteiger partial charge on any atom is -0.494 e. The smallest absolute Gasteiger partial charge is 0.247 e. The number of anilines is 1. The predicted molar refractivity (Wildman–Crippen MR) is 104 cm³/mol. The number of ether oxygens (including phenoxy) is 1. The summed E-state index contributed by atoms with van der Waals surface area (Å²) in [6, 6.07) is 12.2. The summed E-state index contributed by atoms with van der Waals surface area (Å²) >= 11 is 0. The molecule has 4 rings (SSSR count). The number of hydrogen-bond acceptors (Lipinski definition) is 4. The number of fused-ring (bicyclic) bond motifs is 1. The Morgan fingerprint density at radius 2 is 1.93 bits per heavy atom. The number of benzene rings is 2. The topological polar surface area (TPSA) is 74.0 Å². The number of aryl methyl sites for hydroxylation is 1. The molecule has 0 radical (unpaired) electrons. The highest BCUT2D eigenvalue weighted by Gasteiger charge is 2.11. The zero-order chi connectivity index (χ0) is 19.7. The third-order valence-electron chi connectivity index (χ3n) is 4.51. The van der Waals surface area contributed by atoms with Crippen LogP contribution in [0.25, 0.3) is 22.0 Å². The molecule has 8 heteroatoms. The van der Waals surface area contributed by atoms with E-state index < -0.39 is 5.82 Å². The van der Waals surface area contributed by atoms with E-state index in [1.807, 2.05) is 18.2 Å². The van der Waals surface area contributed by atoms with Crippen LogP contribution in [-0.4, -0.2) is 32.6 Å². The summed E-state index contributed by atoms with van der Waals surface area (Å²) in [5.74, 6) is 0.208. The third-order valence-corrected chi connectivity index (χ3v) is 4.51. The fourth-order valence-corrected chi connectivity index (χ4v) is 3.05. The lowest BCUT2D eigenvalue weighted by molar-refractivity contribution is -0.116. The van der Waals surface area contributed by atoms with Gasteiger partial charge < -0.3 is 10.1 Å². The van der Waals surface area contributed by atoms with Crippen molar-refractivity contribution in [3.05, 3.63) is 60.7 Å². The number of halogens is 1. The molecular weight excluding hydrogens is 361 g/mol. The number of carbonyl (C=O) groups is 1. The van der Waals surface area contributed by atoms with Crippen LogP contribution in [0.4, 0.5) is 10.2 Å². The molecule has 142 valence electrons. The number of rotatable bonds is 5. The van der Waals surface area contributed by atoms with Crippen molar-refractivity contribution in [1.82, 2.24) is 19.6 Å². The third kappa shape index (κ3) is 3.32. The number of hydrogen-bond donors (Lipinski definition) is 1. The molecule has 0 saturated carbocycles. The van der Waals surface area contributed by atoms with E-state index in [0.717, 1.165) is 22.0 Å². The molecule has 7 nitrogen and oxygen atoms in total. The Morgan fingerprint density at radius 3 is 2.64 bits per heavy atom. The van der Waals surface area contributed by atoms with Crippen molar-refractivity contribution in [2.45, 2.75) is 6.54 Å². The van der Waals surface area contributed by atoms with E-state index in [1.54, 1.807) is 47.0 Å². The standard InChI is InChI=1S/C20H18FN5O2/c1-25-19(7-8-22-25)24-20(27)12-26-17-5-3-13(9-15(17)11-23-26)14-4-6-18(28-2)16(21)10-14/h3-11H,12H2,1-2H3,(H,24,27). The van der Waals surface area contributed by atoms with Gasteiger partial charge in [0.15, 0.2) is 11.6 Å². The highest BCUT2D eigenvalue weighted by molar-refractivity contribution is 5.91. The monoisotopic (exact) mass is 379 g/mol. The molecule has 2 aromatic carbocycles. The molecule has 0 aliphatic rings. The van der Waals surface area contributed by atoms with Gasteiger partial charge in [0.25, 0.3) is 0 Å². The molecule has 0 unspecified atom stereocenters. The second-order valence-electron chi connectivity index (χ2n) is 6.31. The van der Waals surface area contributed by atoms with Crippen LogP contribution in [-0.2, 0) is 18.4 Å². The van der Waals surface area contributed by atoms with Crippen LogP contribution in [0.1, 0.15) is 0 Å². The summed E-state index contributed by atoms with van der Waals surface area (Å²) in [5, 5.41) is 12.0. The Morgan fingerprint density at radius 1 is 1.14 bits per heavy atom. The van der Waals surface area contributed by atoms with Gasteiger partial charge in [-0.25, -0.2) is 4.39 Å². The molecule has 2 heterocycles. The van der Waals surface area contributed by atoms with E-state index in [2.05, 4.69) is 15.5 Å². The van der Waals surface area contributed by atoms with Crippen molar-refractivity contribution in [2.24, 2.45) is 7.05 Å². The van der Waals surface area contributed by atoms with Crippen molar-refractivity contribution in [3.63, 3.8) is 0 Å². The number of nitrogens with one attached hydrogen (secondary N) is 1. The molecule has 0 saturated heterocycles. The number of aromatic nitrogens is 4. The van der Waals surface area contributed by atoms with E-state index in [9.17, 15) is 9.18 Å². The molecule has 4 aromatic rings. The van der Waals surface area contributed by atoms with Crippen molar-refractivity contribution in [3.8, 4) is 16.9 Å². The van der Waals surface area contributed by atoms with Gasteiger partial charge in [0.1, 0.15) is 12.4 Å². The Balaban J connectivity index is 1.57. The normalized spacial score (nSPS) is 11.0. The fourth-order valence-electron chi connectivity index (χ4n) is 3.05. The lowest BCUT2D eigenvalue weighted by atomic mass is 10.0. The summed E-state index contributed by atoms with van der Waals surface area (Å²) < 4.78 is 22.2. The predicted octanol–water partition coefficient (Wildman–Crippen LogP) is 3.22. The Kier molecular flexibility index (Phi) is 4.52. The lowest BCUT2D eigenvalue weighted by Crippen LogP contribution is -2.20. The van der Waals surface area contributed by atoms with Gasteiger partial charge in [0, 0.05) is 18.5 Å². The van der Waals surface area contributed by atoms with Gasteiger partial charge in [0.2, 0.25) is 5.91 Å². The summed E-state index contributed by atoms with van der Waals surface area (Å²) in [4.78, 5) is 12.3. The average Bonchev–Trinajstić information content (AvgIpc) is 3.27. The largest absolute Gasteiger partial charge is 0.494 e. The molecule has 0 spiro atoms. The SMILES string of the molecule is COc1ccc(-c2ccc3c(cnn3CC(=O)Nc3ccnn3C)c2)cc1F. The Labute approximate surface area is 160 Å². The molecule has 28 heavy (non-hydrogen) atoms. The van der Waals surface area contributed by atoms with E-state index in [-0.39, 0.29) is 18.2 Å². The highest BCUT2D eigenvalue weighted by atomic mass is 19.1. The van der Waals surface area contributed by atoms with Crippen molar-refractivity contribution in [1.29, 1.82) is 0 Å². The van der Waals surface area contributed by atoms with Gasteiger partial charge in [-0.15, -0.1) is 0 Å². The maximum atomic E-state index is 14.0. The molecule has 0 bridgehead atoms. The molecular formula is C20H18FN5O2. The van der Waals surface area contributed by atoms with E-state index >= 15 is 0 Å². The fraction of sp³-hybridized carbons (Fsp3) is 0.150. The van der Waals surface area contributed by atoms with E-state index in [1.165, 1.54) is 13.2 Å². The van der Waals surface area contributed by atoms with E-state index in [4.69, 9.17) is 4.74 Å². The summed E-state index contributed by atoms with van der Waals surface area (Å²) in [6.07, 6.45) is 3.30. The molecule has 2 aromatic heterocycles. The maximum absolute atomic E-state index is 14.0. The first-order chi connectivity index (χ1) is 13.5. The molecule has 0 aliphatic heterocycles. The second-order valence-corrected chi connectivity index (χ2v) is 6.31. The van der Waals surface area contributed by atoms with Crippen LogP contribution in [0.2, 0.25) is 0 Å². The summed E-state index contributed by atoms with van der Waals surface area (Å²) in [7, 11) is 3.19. The van der Waals surface area contributed by atoms with Crippen LogP contribution < -0.4 is 10.1 Å². The average molecular weight is 379 g/mol. The first kappa shape index (κ1) is 17.7. The molecule has 0 fully saturated rings. The number of carbonyl (C=O) groups excluding carboxylic acids is 1. The van der Waals surface area contributed by atoms with Crippen LogP contribution in [0, 0.1) is 5.82 Å². The van der Waals surface area contributed by atoms with Gasteiger partial charge in [-0.2, -0.15) is 10.2 Å². The minimum absolute atomic E-state index is 0.0746. The van der Waals surface area contributed by atoms with Crippen molar-refractivity contribution < 1.29 is 13.9 Å². The highest BCUT2D eigenvalue weighted by Crippen LogP contribution is 2.28. The lowest BCUT2D eigenvalue weighted by Gasteiger charge is -2.08. The number of amides is 1. The van der Waals surface area contributed by atoms with Crippen LogP contribution in [0.15, 0.2) is 54.9 Å². The van der Waals surface area contributed by atoms with Gasteiger partial charge in [-0.1, -0.05) is 12.1 Å². The quantitative estimate of drug-likeness (QED) is 0.578. The number of nitrogens with zero attached hydrogens (tertiary/aromatic N) is 4. The van der Waals surface area contributed by atoms with Gasteiger partial charge in [-0.3, -0.25) is 14.2 Å². The van der Waals surface area contributed by atoms with Gasteiger partial charge in [0.05, 0.1) is 25.0 Å². The van der Waals surface area contributed by atoms with Gasteiger partial charge in [-0.05, 0) is 35.4 Å². The van der Waals surface area contributed by atoms with E-state index in [0.29, 0.717) is 5.82 Å². The summed E-state index contributed by atoms with van der Waals surface area (Å²) in [5.41, 5.74) is 2.41. The minimum atomic E-state index is -0.414. The molecule has 0 atom stereocenters. The summed E-state index contributed by atoms with van der Waals surface area (Å²) in [6.45, 7) is 0.0746. The molecule has 1 N–H and O–H groups in total. The first-order valence-electron chi connectivity index (χ1n) is 8.62. The van der Waals surface area contributed by atoms with Crippen LogP contribution in [0.3, 0.4) is 0 Å². The Bertz CT molecular complexity index is 1160. The Hall–Kier alpha value is -3.68. The zero-order valence-electron chi connectivity index (χ0n) is 15.4. The van der Waals surface area contributed by atoms with Crippen molar-refractivity contribution in [2.75, 3.05) is 12.4 Å². The zero-order valence-corrected chi connectivity index (χ0v) is 15.4. The van der Waals surface area contributed by atoms with Crippen molar-refractivity contribution >= 4 is 22.6 Å². The first-order valence-corrected chi connectivity index (χ1v) is 8.62. The van der Waals surface area contributed by atoms with Crippen LogP contribution in [0.5, 0.6) is 5.75 Å².